The van der Waals surface area contributed by atoms with Gasteiger partial charge in [0.15, 0.2) is 0 Å². The van der Waals surface area contributed by atoms with Gasteiger partial charge in [-0.25, -0.2) is 4.89 Å². The van der Waals surface area contributed by atoms with Crippen LogP contribution < -0.4 is 0 Å². The molecule has 0 radical (unpaired) electrons. The summed E-state index contributed by atoms with van der Waals surface area (Å²) in [5.41, 5.74) is 0. The minimum absolute atomic E-state index is 0.406. The van der Waals surface area contributed by atoms with E-state index in [0.717, 1.165) is 12.8 Å². The molecule has 80 valence electrons. The molecule has 0 fully saturated rings. The molecule has 0 amide bonds. The van der Waals surface area contributed by atoms with Crippen molar-refractivity contribution in [1.82, 2.24) is 0 Å². The van der Waals surface area contributed by atoms with Crippen molar-refractivity contribution in [2.45, 2.75) is 45.4 Å². The SMILES string of the molecule is CCCCCCCCOO[PH](=O)O. The molecule has 4 nitrogen and oxygen atoms in total. The second-order valence-corrected chi connectivity index (χ2v) is 3.64. The highest BCUT2D eigenvalue weighted by atomic mass is 31.1. The number of rotatable bonds is 9. The minimum atomic E-state index is -2.91. The van der Waals surface area contributed by atoms with Crippen molar-refractivity contribution in [3.8, 4) is 0 Å². The first-order chi connectivity index (χ1) is 6.27. The number of unbranched alkanes of at least 4 members (excludes halogenated alkanes) is 5. The summed E-state index contributed by atoms with van der Waals surface area (Å²) in [5.74, 6) is 0. The van der Waals surface area contributed by atoms with Crippen LogP contribution in [0.2, 0.25) is 0 Å². The van der Waals surface area contributed by atoms with E-state index in [1.807, 2.05) is 0 Å². The summed E-state index contributed by atoms with van der Waals surface area (Å²) < 4.78 is 14.1. The van der Waals surface area contributed by atoms with Crippen molar-refractivity contribution in [2.24, 2.45) is 0 Å². The predicted octanol–water partition coefficient (Wildman–Crippen LogP) is 2.68. The van der Waals surface area contributed by atoms with E-state index in [-0.39, 0.29) is 0 Å². The Labute approximate surface area is 80.1 Å². The van der Waals surface area contributed by atoms with Gasteiger partial charge in [-0.05, 0) is 6.42 Å². The van der Waals surface area contributed by atoms with Crippen LogP contribution >= 0.6 is 8.25 Å². The summed E-state index contributed by atoms with van der Waals surface area (Å²) in [4.78, 5) is 12.7. The van der Waals surface area contributed by atoms with Gasteiger partial charge in [-0.1, -0.05) is 39.0 Å². The van der Waals surface area contributed by atoms with Gasteiger partial charge in [0.25, 0.3) is 0 Å². The highest BCUT2D eigenvalue weighted by Crippen LogP contribution is 2.14. The topological polar surface area (TPSA) is 55.8 Å². The summed E-state index contributed by atoms with van der Waals surface area (Å²) in [6.45, 7) is 2.58. The maximum absolute atomic E-state index is 10.0. The molecule has 0 saturated carbocycles. The lowest BCUT2D eigenvalue weighted by Crippen LogP contribution is -1.91. The molecule has 0 aliphatic carbocycles. The lowest BCUT2D eigenvalue weighted by atomic mass is 10.1. The summed E-state index contributed by atoms with van der Waals surface area (Å²) in [5, 5.41) is 0. The molecule has 0 heterocycles. The third kappa shape index (κ3) is 12.1. The van der Waals surface area contributed by atoms with E-state index < -0.39 is 8.25 Å². The zero-order chi connectivity index (χ0) is 9.94. The minimum Gasteiger partial charge on any atom is -0.325 e. The molecule has 0 saturated heterocycles. The summed E-state index contributed by atoms with van der Waals surface area (Å²) >= 11 is 0. The van der Waals surface area contributed by atoms with Crippen LogP contribution in [0.5, 0.6) is 0 Å². The molecule has 0 aliphatic rings. The van der Waals surface area contributed by atoms with Crippen molar-refractivity contribution >= 4 is 8.25 Å². The fourth-order valence-electron chi connectivity index (χ4n) is 1.03. The van der Waals surface area contributed by atoms with Gasteiger partial charge in [0.1, 0.15) is 0 Å². The van der Waals surface area contributed by atoms with Crippen LogP contribution in [0.4, 0.5) is 0 Å². The van der Waals surface area contributed by atoms with Gasteiger partial charge in [0.2, 0.25) is 0 Å². The Balaban J connectivity index is 2.87. The monoisotopic (exact) mass is 210 g/mol. The standard InChI is InChI=1S/C8H19O4P/c1-2-3-4-5-6-7-8-11-12-13(9)10/h13H,2-8H2,1H3,(H,9,10). The Morgan fingerprint density at radius 2 is 1.77 bits per heavy atom. The van der Waals surface area contributed by atoms with Crippen LogP contribution in [-0.2, 0) is 14.1 Å². The Bertz CT molecular complexity index is 129. The first kappa shape index (κ1) is 13.1. The zero-order valence-electron chi connectivity index (χ0n) is 8.12. The lowest BCUT2D eigenvalue weighted by molar-refractivity contribution is -0.208. The van der Waals surface area contributed by atoms with E-state index in [1.165, 1.54) is 25.7 Å². The largest absolute Gasteiger partial charge is 0.344 e. The summed E-state index contributed by atoms with van der Waals surface area (Å²) in [6.07, 6.45) is 6.96. The third-order valence-corrected chi connectivity index (χ3v) is 1.97. The van der Waals surface area contributed by atoms with E-state index in [0.29, 0.717) is 6.61 Å². The fraction of sp³-hybridized carbons (Fsp3) is 1.00. The van der Waals surface area contributed by atoms with Crippen LogP contribution in [0, 0.1) is 0 Å². The maximum atomic E-state index is 10.0. The molecule has 13 heavy (non-hydrogen) atoms. The smallest absolute Gasteiger partial charge is 0.325 e. The average Bonchev–Trinajstić information content (AvgIpc) is 2.09. The summed E-state index contributed by atoms with van der Waals surface area (Å²) in [7, 11) is -2.91. The van der Waals surface area contributed by atoms with Gasteiger partial charge < -0.3 is 4.89 Å². The van der Waals surface area contributed by atoms with Gasteiger partial charge >= 0.3 is 8.25 Å². The first-order valence-electron chi connectivity index (χ1n) is 4.79. The lowest BCUT2D eigenvalue weighted by Gasteiger charge is -2.00. The van der Waals surface area contributed by atoms with Crippen LogP contribution in [0.3, 0.4) is 0 Å². The molecule has 1 N–H and O–H groups in total. The zero-order valence-corrected chi connectivity index (χ0v) is 9.12. The highest BCUT2D eigenvalue weighted by Gasteiger charge is 1.93. The molecule has 0 aromatic heterocycles. The molecular weight excluding hydrogens is 191 g/mol. The Morgan fingerprint density at radius 1 is 1.15 bits per heavy atom. The molecule has 0 rings (SSSR count). The van der Waals surface area contributed by atoms with Gasteiger partial charge in [-0.3, -0.25) is 4.57 Å². The van der Waals surface area contributed by atoms with Crippen LogP contribution in [0.15, 0.2) is 0 Å². The van der Waals surface area contributed by atoms with Crippen molar-refractivity contribution in [3.05, 3.63) is 0 Å². The van der Waals surface area contributed by atoms with Crippen LogP contribution in [0.25, 0.3) is 0 Å². The van der Waals surface area contributed by atoms with Crippen molar-refractivity contribution in [2.75, 3.05) is 6.61 Å². The van der Waals surface area contributed by atoms with Gasteiger partial charge in [-0.2, -0.15) is 4.67 Å². The number of hydrogen-bond acceptors (Lipinski definition) is 3. The van der Waals surface area contributed by atoms with E-state index in [2.05, 4.69) is 16.5 Å². The van der Waals surface area contributed by atoms with E-state index >= 15 is 0 Å². The molecule has 0 aliphatic heterocycles. The Kier molecular flexibility index (Phi) is 10.3. The van der Waals surface area contributed by atoms with E-state index in [9.17, 15) is 4.57 Å². The Morgan fingerprint density at radius 3 is 2.38 bits per heavy atom. The second kappa shape index (κ2) is 10.2. The summed E-state index contributed by atoms with van der Waals surface area (Å²) in [6, 6.07) is 0. The molecular formula is C8H19O4P. The van der Waals surface area contributed by atoms with Gasteiger partial charge in [0.05, 0.1) is 6.61 Å². The molecule has 1 unspecified atom stereocenters. The maximum Gasteiger partial charge on any atom is 0.344 e. The predicted molar refractivity (Wildman–Crippen MR) is 51.6 cm³/mol. The molecule has 0 spiro atoms. The Hall–Kier alpha value is 0.110. The first-order valence-corrected chi connectivity index (χ1v) is 6.06. The highest BCUT2D eigenvalue weighted by molar-refractivity contribution is 7.31. The molecule has 0 aromatic carbocycles. The van der Waals surface area contributed by atoms with Crippen LogP contribution in [0.1, 0.15) is 45.4 Å². The van der Waals surface area contributed by atoms with Gasteiger partial charge in [-0.15, -0.1) is 0 Å². The molecule has 0 aromatic rings. The van der Waals surface area contributed by atoms with Crippen molar-refractivity contribution in [1.29, 1.82) is 0 Å². The van der Waals surface area contributed by atoms with Crippen molar-refractivity contribution in [3.63, 3.8) is 0 Å². The van der Waals surface area contributed by atoms with Crippen molar-refractivity contribution < 1.29 is 19.0 Å². The fourth-order valence-corrected chi connectivity index (χ4v) is 1.22. The molecule has 0 bridgehead atoms. The third-order valence-electron chi connectivity index (χ3n) is 1.71. The molecule has 1 atom stereocenters. The van der Waals surface area contributed by atoms with Gasteiger partial charge in [0, 0.05) is 0 Å². The second-order valence-electron chi connectivity index (χ2n) is 2.94. The normalized spacial score (nSPS) is 13.1. The van der Waals surface area contributed by atoms with E-state index in [4.69, 9.17) is 4.89 Å². The molecule has 5 heteroatoms. The average molecular weight is 210 g/mol. The quantitative estimate of drug-likeness (QED) is 0.275. The van der Waals surface area contributed by atoms with E-state index in [1.54, 1.807) is 0 Å². The number of hydrogen-bond donors (Lipinski definition) is 1. The van der Waals surface area contributed by atoms with Crippen LogP contribution in [-0.4, -0.2) is 11.5 Å².